The molecule has 0 heterocycles. The van der Waals surface area contributed by atoms with Gasteiger partial charge in [-0.2, -0.15) is 0 Å². The van der Waals surface area contributed by atoms with E-state index in [1.165, 1.54) is 26.4 Å². The fraction of sp³-hybridized carbons (Fsp3) is 0.136. The van der Waals surface area contributed by atoms with Gasteiger partial charge >= 0.3 is 0 Å². The van der Waals surface area contributed by atoms with E-state index in [-0.39, 0.29) is 10.5 Å². The molecule has 0 spiro atoms. The number of anilines is 2. The SMILES string of the molecule is COc1ccc(C(=O)Nc2ccc(C)c(S(=O)(=O)Nc3cccc(Cl)c3)c2)c(OC)c1. The van der Waals surface area contributed by atoms with Crippen molar-refractivity contribution in [3.63, 3.8) is 0 Å². The molecule has 0 saturated carbocycles. The number of halogens is 1. The van der Waals surface area contributed by atoms with Gasteiger partial charge in [-0.05, 0) is 55.0 Å². The maximum atomic E-state index is 12.9. The third-order valence-electron chi connectivity index (χ3n) is 4.47. The summed E-state index contributed by atoms with van der Waals surface area (Å²) >= 11 is 5.94. The van der Waals surface area contributed by atoms with Gasteiger partial charge in [-0.25, -0.2) is 8.42 Å². The minimum atomic E-state index is -3.91. The number of hydrogen-bond acceptors (Lipinski definition) is 5. The molecule has 0 unspecified atom stereocenters. The van der Waals surface area contributed by atoms with Gasteiger partial charge in [0.25, 0.3) is 15.9 Å². The Morgan fingerprint density at radius 3 is 2.39 bits per heavy atom. The molecule has 0 aliphatic rings. The van der Waals surface area contributed by atoms with E-state index in [0.717, 1.165) is 0 Å². The molecule has 0 saturated heterocycles. The summed E-state index contributed by atoms with van der Waals surface area (Å²) in [5, 5.41) is 3.12. The maximum Gasteiger partial charge on any atom is 0.262 e. The van der Waals surface area contributed by atoms with Crippen molar-refractivity contribution < 1.29 is 22.7 Å². The molecule has 2 N–H and O–H groups in total. The summed E-state index contributed by atoms with van der Waals surface area (Å²) in [5.74, 6) is 0.429. The fourth-order valence-corrected chi connectivity index (χ4v) is 4.43. The summed E-state index contributed by atoms with van der Waals surface area (Å²) in [5.41, 5.74) is 1.46. The summed E-state index contributed by atoms with van der Waals surface area (Å²) in [7, 11) is -0.945. The highest BCUT2D eigenvalue weighted by atomic mass is 35.5. The Morgan fingerprint density at radius 1 is 0.935 bits per heavy atom. The molecular formula is C22H21ClN2O5S. The van der Waals surface area contributed by atoms with Gasteiger partial charge in [0, 0.05) is 16.8 Å². The van der Waals surface area contributed by atoms with Crippen LogP contribution in [0.15, 0.2) is 65.6 Å². The summed E-state index contributed by atoms with van der Waals surface area (Å²) in [6.45, 7) is 1.67. The third-order valence-corrected chi connectivity index (χ3v) is 6.22. The molecule has 3 aromatic rings. The summed E-state index contributed by atoms with van der Waals surface area (Å²) in [4.78, 5) is 12.8. The van der Waals surface area contributed by atoms with Crippen LogP contribution in [0.1, 0.15) is 15.9 Å². The second-order valence-electron chi connectivity index (χ2n) is 6.62. The quantitative estimate of drug-likeness (QED) is 0.532. The van der Waals surface area contributed by atoms with E-state index in [2.05, 4.69) is 10.0 Å². The molecule has 3 rings (SSSR count). The van der Waals surface area contributed by atoms with E-state index in [1.54, 1.807) is 55.5 Å². The lowest BCUT2D eigenvalue weighted by Gasteiger charge is -2.14. The largest absolute Gasteiger partial charge is 0.497 e. The molecule has 3 aromatic carbocycles. The molecule has 0 bridgehead atoms. The average Bonchev–Trinajstić information content (AvgIpc) is 2.74. The first kappa shape index (κ1) is 22.5. The number of amides is 1. The number of aryl methyl sites for hydroxylation is 1. The lowest BCUT2D eigenvalue weighted by atomic mass is 10.1. The Kier molecular flexibility index (Phi) is 6.72. The molecule has 0 fully saturated rings. The number of ether oxygens (including phenoxy) is 2. The molecule has 162 valence electrons. The van der Waals surface area contributed by atoms with Crippen molar-refractivity contribution in [2.45, 2.75) is 11.8 Å². The lowest BCUT2D eigenvalue weighted by molar-refractivity contribution is 0.102. The number of rotatable bonds is 7. The zero-order valence-electron chi connectivity index (χ0n) is 17.1. The standard InChI is InChI=1S/C22H21ClN2O5S/c1-14-7-8-16(24-22(26)19-10-9-18(29-2)13-20(19)30-3)12-21(14)31(27,28)25-17-6-4-5-15(23)11-17/h4-13,25H,1-3H3,(H,24,26). The summed E-state index contributed by atoms with van der Waals surface area (Å²) in [6, 6.07) is 15.8. The van der Waals surface area contributed by atoms with Gasteiger partial charge in [0.2, 0.25) is 0 Å². The molecule has 9 heteroatoms. The number of carbonyl (C=O) groups excluding carboxylic acids is 1. The molecular weight excluding hydrogens is 440 g/mol. The van der Waals surface area contributed by atoms with E-state index in [9.17, 15) is 13.2 Å². The van der Waals surface area contributed by atoms with Gasteiger partial charge in [-0.15, -0.1) is 0 Å². The predicted molar refractivity (Wildman–Crippen MR) is 121 cm³/mol. The molecule has 0 aromatic heterocycles. The lowest BCUT2D eigenvalue weighted by Crippen LogP contribution is -2.16. The van der Waals surface area contributed by atoms with Crippen molar-refractivity contribution in [3.05, 3.63) is 76.8 Å². The maximum absolute atomic E-state index is 12.9. The van der Waals surface area contributed by atoms with Crippen LogP contribution in [0.5, 0.6) is 11.5 Å². The Balaban J connectivity index is 1.88. The number of hydrogen-bond donors (Lipinski definition) is 2. The number of benzene rings is 3. The number of carbonyl (C=O) groups is 1. The van der Waals surface area contributed by atoms with Crippen molar-refractivity contribution in [2.24, 2.45) is 0 Å². The van der Waals surface area contributed by atoms with Crippen LogP contribution >= 0.6 is 11.6 Å². The van der Waals surface area contributed by atoms with Gasteiger partial charge < -0.3 is 14.8 Å². The van der Waals surface area contributed by atoms with Crippen LogP contribution in [0.4, 0.5) is 11.4 Å². The molecule has 0 radical (unpaired) electrons. The predicted octanol–water partition coefficient (Wildman–Crippen LogP) is 4.72. The third kappa shape index (κ3) is 5.28. The van der Waals surface area contributed by atoms with Crippen LogP contribution in [-0.4, -0.2) is 28.5 Å². The smallest absolute Gasteiger partial charge is 0.262 e. The highest BCUT2D eigenvalue weighted by molar-refractivity contribution is 7.92. The zero-order chi connectivity index (χ0) is 22.6. The highest BCUT2D eigenvalue weighted by Gasteiger charge is 2.19. The van der Waals surface area contributed by atoms with Crippen LogP contribution < -0.4 is 19.5 Å². The zero-order valence-corrected chi connectivity index (χ0v) is 18.7. The van der Waals surface area contributed by atoms with E-state index in [0.29, 0.717) is 33.5 Å². The first-order valence-electron chi connectivity index (χ1n) is 9.16. The topological polar surface area (TPSA) is 93.7 Å². The monoisotopic (exact) mass is 460 g/mol. The van der Waals surface area contributed by atoms with Gasteiger partial charge in [0.1, 0.15) is 11.5 Å². The van der Waals surface area contributed by atoms with E-state index >= 15 is 0 Å². The Morgan fingerprint density at radius 2 is 1.71 bits per heavy atom. The second kappa shape index (κ2) is 9.28. The van der Waals surface area contributed by atoms with Crippen LogP contribution in [0, 0.1) is 6.92 Å². The minimum absolute atomic E-state index is 0.0342. The van der Waals surface area contributed by atoms with E-state index in [1.807, 2.05) is 0 Å². The number of methoxy groups -OCH3 is 2. The second-order valence-corrected chi connectivity index (χ2v) is 8.70. The minimum Gasteiger partial charge on any atom is -0.497 e. The van der Waals surface area contributed by atoms with Crippen LogP contribution in [0.25, 0.3) is 0 Å². The van der Waals surface area contributed by atoms with E-state index in [4.69, 9.17) is 21.1 Å². The van der Waals surface area contributed by atoms with Gasteiger partial charge in [0.05, 0.1) is 30.4 Å². The molecule has 31 heavy (non-hydrogen) atoms. The summed E-state index contributed by atoms with van der Waals surface area (Å²) in [6.07, 6.45) is 0. The van der Waals surface area contributed by atoms with Crippen molar-refractivity contribution >= 4 is 38.9 Å². The van der Waals surface area contributed by atoms with Gasteiger partial charge in [-0.1, -0.05) is 23.7 Å². The first-order chi connectivity index (χ1) is 14.7. The molecule has 0 aliphatic heterocycles. The number of sulfonamides is 1. The molecule has 0 aliphatic carbocycles. The average molecular weight is 461 g/mol. The highest BCUT2D eigenvalue weighted by Crippen LogP contribution is 2.27. The number of nitrogens with one attached hydrogen (secondary N) is 2. The first-order valence-corrected chi connectivity index (χ1v) is 11.0. The molecule has 1 amide bonds. The van der Waals surface area contributed by atoms with Crippen LogP contribution in [-0.2, 0) is 10.0 Å². The normalized spacial score (nSPS) is 11.0. The van der Waals surface area contributed by atoms with Crippen molar-refractivity contribution in [3.8, 4) is 11.5 Å². The molecule has 7 nitrogen and oxygen atoms in total. The Bertz CT molecular complexity index is 1230. The summed E-state index contributed by atoms with van der Waals surface area (Å²) < 4.78 is 38.7. The Hall–Kier alpha value is -3.23. The van der Waals surface area contributed by atoms with Gasteiger partial charge in [-0.3, -0.25) is 9.52 Å². The van der Waals surface area contributed by atoms with E-state index < -0.39 is 15.9 Å². The van der Waals surface area contributed by atoms with Crippen molar-refractivity contribution in [1.29, 1.82) is 0 Å². The van der Waals surface area contributed by atoms with Crippen molar-refractivity contribution in [1.82, 2.24) is 0 Å². The Labute approximate surface area is 186 Å². The van der Waals surface area contributed by atoms with Crippen LogP contribution in [0.3, 0.4) is 0 Å². The van der Waals surface area contributed by atoms with Gasteiger partial charge in [0.15, 0.2) is 0 Å². The van der Waals surface area contributed by atoms with Crippen LogP contribution in [0.2, 0.25) is 5.02 Å². The molecule has 0 atom stereocenters. The fourth-order valence-electron chi connectivity index (χ4n) is 2.91. The van der Waals surface area contributed by atoms with Crippen molar-refractivity contribution in [2.75, 3.05) is 24.3 Å².